The van der Waals surface area contributed by atoms with Crippen molar-refractivity contribution >= 4 is 15.9 Å². The molecule has 1 aliphatic rings. The Bertz CT molecular complexity index is 536. The average Bonchev–Trinajstić information content (AvgIpc) is 3.09. The van der Waals surface area contributed by atoms with Crippen LogP contribution < -0.4 is 5.32 Å². The highest BCUT2D eigenvalue weighted by molar-refractivity contribution is 7.89. The summed E-state index contributed by atoms with van der Waals surface area (Å²) in [6, 6.07) is 6.05. The minimum Gasteiger partial charge on any atom is -0.358 e. The van der Waals surface area contributed by atoms with Gasteiger partial charge in [-0.3, -0.25) is 4.79 Å². The first-order valence-electron chi connectivity index (χ1n) is 5.27. The Hall–Kier alpha value is -1.40. The number of likely N-dealkylation sites (N-methyl/N-ethyl adjacent to an activating group) is 1. The number of benzene rings is 1. The van der Waals surface area contributed by atoms with E-state index in [0.29, 0.717) is 0 Å². The molecule has 1 amide bonds. The Balaban J connectivity index is 2.22. The molecular weight excluding hydrogens is 240 g/mol. The van der Waals surface area contributed by atoms with Gasteiger partial charge in [-0.05, 0) is 19.1 Å². The van der Waals surface area contributed by atoms with Crippen molar-refractivity contribution in [1.82, 2.24) is 9.62 Å². The smallest absolute Gasteiger partial charge is 0.243 e. The molecule has 1 aliphatic heterocycles. The molecule has 1 unspecified atom stereocenters. The van der Waals surface area contributed by atoms with E-state index in [1.54, 1.807) is 24.3 Å². The van der Waals surface area contributed by atoms with Gasteiger partial charge in [0.25, 0.3) is 0 Å². The second-order valence-electron chi connectivity index (χ2n) is 4.02. The Morgan fingerprint density at radius 3 is 2.47 bits per heavy atom. The largest absolute Gasteiger partial charge is 0.358 e. The van der Waals surface area contributed by atoms with E-state index in [2.05, 4.69) is 5.32 Å². The van der Waals surface area contributed by atoms with Crippen LogP contribution in [0.4, 0.5) is 0 Å². The highest BCUT2D eigenvalue weighted by Gasteiger charge is 2.48. The summed E-state index contributed by atoms with van der Waals surface area (Å²) in [5.74, 6) is -0.263. The quantitative estimate of drug-likeness (QED) is 0.779. The molecule has 1 saturated heterocycles. The van der Waals surface area contributed by atoms with Gasteiger partial charge in [-0.2, -0.15) is 4.31 Å². The Morgan fingerprint density at radius 2 is 1.94 bits per heavy atom. The summed E-state index contributed by atoms with van der Waals surface area (Å²) in [5.41, 5.74) is 0.998. The predicted octanol–water partition coefficient (Wildman–Crippen LogP) is 0.114. The van der Waals surface area contributed by atoms with Gasteiger partial charge >= 0.3 is 0 Å². The zero-order valence-electron chi connectivity index (χ0n) is 9.67. The van der Waals surface area contributed by atoms with Gasteiger partial charge in [0.2, 0.25) is 15.9 Å². The van der Waals surface area contributed by atoms with E-state index < -0.39 is 16.1 Å². The predicted molar refractivity (Wildman–Crippen MR) is 62.9 cm³/mol. The highest BCUT2D eigenvalue weighted by Crippen LogP contribution is 2.28. The zero-order valence-corrected chi connectivity index (χ0v) is 10.5. The molecule has 2 rings (SSSR count). The summed E-state index contributed by atoms with van der Waals surface area (Å²) in [5, 5.41) is 2.44. The Kier molecular flexibility index (Phi) is 2.92. The number of carbonyl (C=O) groups excluding carboxylic acids is 1. The van der Waals surface area contributed by atoms with Crippen LogP contribution in [0.1, 0.15) is 5.56 Å². The maximum absolute atomic E-state index is 12.1. The van der Waals surface area contributed by atoms with Gasteiger partial charge < -0.3 is 5.32 Å². The van der Waals surface area contributed by atoms with Crippen molar-refractivity contribution in [3.63, 3.8) is 0 Å². The molecule has 0 aromatic heterocycles. The van der Waals surface area contributed by atoms with Gasteiger partial charge in [0.1, 0.15) is 6.04 Å². The minimum atomic E-state index is -3.51. The van der Waals surface area contributed by atoms with Crippen molar-refractivity contribution in [3.8, 4) is 0 Å². The van der Waals surface area contributed by atoms with E-state index in [1.165, 1.54) is 11.4 Å². The molecule has 0 aliphatic carbocycles. The summed E-state index contributed by atoms with van der Waals surface area (Å²) in [6.45, 7) is 2.15. The van der Waals surface area contributed by atoms with Crippen molar-refractivity contribution < 1.29 is 13.2 Å². The lowest BCUT2D eigenvalue weighted by molar-refractivity contribution is -0.120. The van der Waals surface area contributed by atoms with E-state index in [1.807, 2.05) is 6.92 Å². The Labute approximate surface area is 100 Å². The molecule has 1 aromatic rings. The molecule has 0 saturated carbocycles. The van der Waals surface area contributed by atoms with Crippen molar-refractivity contribution in [2.45, 2.75) is 17.9 Å². The number of nitrogens with zero attached hydrogens (tertiary/aromatic N) is 1. The van der Waals surface area contributed by atoms with Gasteiger partial charge in [0, 0.05) is 13.6 Å². The molecule has 0 radical (unpaired) electrons. The molecule has 0 spiro atoms. The van der Waals surface area contributed by atoms with E-state index in [0.717, 1.165) is 5.56 Å². The second kappa shape index (κ2) is 4.12. The maximum atomic E-state index is 12.1. The van der Waals surface area contributed by atoms with E-state index in [4.69, 9.17) is 0 Å². The molecule has 0 bridgehead atoms. The van der Waals surface area contributed by atoms with Gasteiger partial charge in [-0.1, -0.05) is 17.7 Å². The number of nitrogens with one attached hydrogen (secondary N) is 1. The third-order valence-electron chi connectivity index (χ3n) is 2.74. The Morgan fingerprint density at radius 1 is 1.35 bits per heavy atom. The molecule has 5 nitrogen and oxygen atoms in total. The van der Waals surface area contributed by atoms with Crippen LogP contribution in [0, 0.1) is 6.92 Å². The lowest BCUT2D eigenvalue weighted by Crippen LogP contribution is -2.28. The van der Waals surface area contributed by atoms with E-state index in [9.17, 15) is 13.2 Å². The average molecular weight is 254 g/mol. The van der Waals surface area contributed by atoms with Gasteiger partial charge in [-0.25, -0.2) is 8.42 Å². The second-order valence-corrected chi connectivity index (χ2v) is 5.91. The van der Waals surface area contributed by atoms with Crippen LogP contribution in [0.25, 0.3) is 0 Å². The van der Waals surface area contributed by atoms with Crippen LogP contribution in [0.15, 0.2) is 29.2 Å². The fourth-order valence-corrected chi connectivity index (χ4v) is 3.13. The standard InChI is InChI=1S/C11H14N2O3S/c1-8-3-5-9(6-4-8)17(15,16)13-7-10(13)11(14)12-2/h3-6,10H,7H2,1-2H3,(H,12,14)/t10-,13?/m0/s1. The van der Waals surface area contributed by atoms with Crippen molar-refractivity contribution in [2.75, 3.05) is 13.6 Å². The van der Waals surface area contributed by atoms with Crippen molar-refractivity contribution in [3.05, 3.63) is 29.8 Å². The molecule has 1 fully saturated rings. The molecule has 92 valence electrons. The highest BCUT2D eigenvalue weighted by atomic mass is 32.2. The van der Waals surface area contributed by atoms with Crippen LogP contribution in [0.5, 0.6) is 0 Å². The van der Waals surface area contributed by atoms with Crippen LogP contribution >= 0.6 is 0 Å². The number of sulfonamides is 1. The summed E-state index contributed by atoms with van der Waals surface area (Å²) < 4.78 is 25.4. The molecule has 17 heavy (non-hydrogen) atoms. The molecular formula is C11H14N2O3S. The summed E-state index contributed by atoms with van der Waals surface area (Å²) in [4.78, 5) is 11.5. The third kappa shape index (κ3) is 2.18. The topological polar surface area (TPSA) is 66.2 Å². The van der Waals surface area contributed by atoms with E-state index in [-0.39, 0.29) is 17.3 Å². The van der Waals surface area contributed by atoms with Gasteiger partial charge in [0.05, 0.1) is 4.90 Å². The summed E-state index contributed by atoms with van der Waals surface area (Å²) in [6.07, 6.45) is 0. The first kappa shape index (κ1) is 12.1. The number of hydrogen-bond acceptors (Lipinski definition) is 3. The number of hydrogen-bond donors (Lipinski definition) is 1. The fraction of sp³-hybridized carbons (Fsp3) is 0.364. The molecule has 1 aromatic carbocycles. The number of amides is 1. The molecule has 1 heterocycles. The lowest BCUT2D eigenvalue weighted by Gasteiger charge is -2.06. The van der Waals surface area contributed by atoms with Crippen LogP contribution in [-0.4, -0.2) is 38.3 Å². The van der Waals surface area contributed by atoms with Gasteiger partial charge in [0.15, 0.2) is 0 Å². The monoisotopic (exact) mass is 254 g/mol. The molecule has 1 N–H and O–H groups in total. The molecule has 6 heteroatoms. The fourth-order valence-electron chi connectivity index (χ4n) is 1.61. The lowest BCUT2D eigenvalue weighted by atomic mass is 10.2. The zero-order chi connectivity index (χ0) is 12.6. The van der Waals surface area contributed by atoms with E-state index >= 15 is 0 Å². The minimum absolute atomic E-state index is 0.231. The maximum Gasteiger partial charge on any atom is 0.243 e. The van der Waals surface area contributed by atoms with Crippen LogP contribution in [0.2, 0.25) is 0 Å². The summed E-state index contributed by atoms with van der Waals surface area (Å²) >= 11 is 0. The van der Waals surface area contributed by atoms with Crippen LogP contribution in [-0.2, 0) is 14.8 Å². The molecule has 2 atom stereocenters. The normalized spacial score (nSPS) is 23.2. The number of carbonyl (C=O) groups is 1. The van der Waals surface area contributed by atoms with Crippen molar-refractivity contribution in [1.29, 1.82) is 0 Å². The third-order valence-corrected chi connectivity index (χ3v) is 4.63. The first-order valence-corrected chi connectivity index (χ1v) is 6.71. The van der Waals surface area contributed by atoms with Crippen molar-refractivity contribution in [2.24, 2.45) is 0 Å². The van der Waals surface area contributed by atoms with Crippen LogP contribution in [0.3, 0.4) is 0 Å². The summed E-state index contributed by atoms with van der Waals surface area (Å²) in [7, 11) is -2.02. The van der Waals surface area contributed by atoms with Gasteiger partial charge in [-0.15, -0.1) is 0 Å². The number of rotatable bonds is 3. The SMILES string of the molecule is CNC(=O)[C@@H]1CN1S(=O)(=O)c1ccc(C)cc1. The first-order chi connectivity index (χ1) is 7.96. The number of aryl methyl sites for hydroxylation is 1.